The molecule has 5 heteroatoms. The molecule has 2 heterocycles. The van der Waals surface area contributed by atoms with Gasteiger partial charge in [-0.1, -0.05) is 37.3 Å². The quantitative estimate of drug-likeness (QED) is 0.624. The third-order valence-corrected chi connectivity index (χ3v) is 4.85. The van der Waals surface area contributed by atoms with Crippen molar-refractivity contribution in [3.8, 4) is 0 Å². The number of rotatable bonds is 1. The number of quaternary nitrogens is 1. The summed E-state index contributed by atoms with van der Waals surface area (Å²) in [7, 11) is 2.15. The maximum Gasteiger partial charge on any atom is 0.322 e. The molecule has 1 unspecified atom stereocenters. The van der Waals surface area contributed by atoms with Crippen LogP contribution in [0.1, 0.15) is 24.9 Å². The zero-order valence-corrected chi connectivity index (χ0v) is 11.8. The second-order valence-corrected chi connectivity index (χ2v) is 5.90. The molecule has 2 saturated heterocycles. The highest BCUT2D eigenvalue weighted by molar-refractivity contribution is 6.07. The summed E-state index contributed by atoms with van der Waals surface area (Å²) < 4.78 is 0. The third-order valence-electron chi connectivity index (χ3n) is 4.85. The van der Waals surface area contributed by atoms with Crippen molar-refractivity contribution in [3.05, 3.63) is 35.9 Å². The van der Waals surface area contributed by atoms with Crippen LogP contribution in [0.15, 0.2) is 30.3 Å². The first-order valence-electron chi connectivity index (χ1n) is 7.05. The fourth-order valence-electron chi connectivity index (χ4n) is 3.72. The molecular formula is C15H20N3O2+. The summed E-state index contributed by atoms with van der Waals surface area (Å²) in [6.07, 6.45) is 0.681. The van der Waals surface area contributed by atoms with Gasteiger partial charge in [-0.3, -0.25) is 10.1 Å². The van der Waals surface area contributed by atoms with Gasteiger partial charge in [0.1, 0.15) is 11.6 Å². The van der Waals surface area contributed by atoms with Crippen molar-refractivity contribution >= 4 is 11.9 Å². The predicted octanol–water partition coefficient (Wildman–Crippen LogP) is -0.140. The lowest BCUT2D eigenvalue weighted by Crippen LogP contribution is -3.12. The summed E-state index contributed by atoms with van der Waals surface area (Å²) >= 11 is 0. The van der Waals surface area contributed by atoms with Gasteiger partial charge in [-0.05, 0) is 0 Å². The van der Waals surface area contributed by atoms with E-state index in [2.05, 4.69) is 36.7 Å². The Kier molecular flexibility index (Phi) is 3.01. The summed E-state index contributed by atoms with van der Waals surface area (Å²) in [5, 5.41) is 5.27. The van der Waals surface area contributed by atoms with Crippen molar-refractivity contribution in [2.45, 2.75) is 24.9 Å². The van der Waals surface area contributed by atoms with E-state index in [1.807, 2.05) is 18.2 Å². The van der Waals surface area contributed by atoms with Gasteiger partial charge in [0.2, 0.25) is 0 Å². The molecule has 0 saturated carbocycles. The molecule has 0 aliphatic carbocycles. The molecule has 20 heavy (non-hydrogen) atoms. The van der Waals surface area contributed by atoms with Gasteiger partial charge in [-0.15, -0.1) is 0 Å². The van der Waals surface area contributed by atoms with E-state index < -0.39 is 5.54 Å². The van der Waals surface area contributed by atoms with Crippen LogP contribution >= 0.6 is 0 Å². The lowest BCUT2D eigenvalue weighted by Gasteiger charge is -2.44. The Hall–Kier alpha value is -1.88. The molecule has 4 atom stereocenters. The molecule has 5 nitrogen and oxygen atoms in total. The average molecular weight is 274 g/mol. The number of likely N-dealkylation sites (tertiary alicyclic amines) is 1. The lowest BCUT2D eigenvalue weighted by atomic mass is 9.72. The topological polar surface area (TPSA) is 62.6 Å². The molecular weight excluding hydrogens is 254 g/mol. The van der Waals surface area contributed by atoms with Crippen LogP contribution < -0.4 is 15.5 Å². The summed E-state index contributed by atoms with van der Waals surface area (Å²) in [5.74, 6) is -0.131. The minimum atomic E-state index is -0.753. The van der Waals surface area contributed by atoms with Gasteiger partial charge in [-0.2, -0.15) is 0 Å². The van der Waals surface area contributed by atoms with Crippen molar-refractivity contribution in [2.75, 3.05) is 13.6 Å². The van der Waals surface area contributed by atoms with Gasteiger partial charge < -0.3 is 10.2 Å². The smallest absolute Gasteiger partial charge is 0.322 e. The van der Waals surface area contributed by atoms with Crippen molar-refractivity contribution in [1.29, 1.82) is 0 Å². The fraction of sp³-hybridized carbons (Fsp3) is 0.467. The SMILES string of the molecule is C[C@H]1[C@H](c2ccccc2)[NH+](C)CC[C@]12NC(=O)NC2=O. The van der Waals surface area contributed by atoms with Crippen LogP contribution in [0, 0.1) is 5.92 Å². The van der Waals surface area contributed by atoms with Gasteiger partial charge in [0, 0.05) is 17.9 Å². The van der Waals surface area contributed by atoms with Crippen LogP contribution in [0.2, 0.25) is 0 Å². The van der Waals surface area contributed by atoms with Crippen LogP contribution in [0.25, 0.3) is 0 Å². The Balaban J connectivity index is 1.99. The number of nitrogens with one attached hydrogen (secondary N) is 3. The van der Waals surface area contributed by atoms with Crippen LogP contribution in [0.5, 0.6) is 0 Å². The summed E-state index contributed by atoms with van der Waals surface area (Å²) in [4.78, 5) is 25.2. The van der Waals surface area contributed by atoms with Crippen molar-refractivity contribution in [1.82, 2.24) is 10.6 Å². The Morgan fingerprint density at radius 1 is 1.25 bits per heavy atom. The van der Waals surface area contributed by atoms with E-state index in [1.54, 1.807) is 0 Å². The van der Waals surface area contributed by atoms with E-state index in [-0.39, 0.29) is 23.9 Å². The van der Waals surface area contributed by atoms with E-state index in [9.17, 15) is 9.59 Å². The first-order chi connectivity index (χ1) is 9.54. The molecule has 2 aliphatic heterocycles. The van der Waals surface area contributed by atoms with E-state index in [0.717, 1.165) is 6.54 Å². The van der Waals surface area contributed by atoms with Gasteiger partial charge in [-0.25, -0.2) is 4.79 Å². The van der Waals surface area contributed by atoms with Crippen molar-refractivity contribution < 1.29 is 14.5 Å². The highest BCUT2D eigenvalue weighted by Crippen LogP contribution is 2.35. The Morgan fingerprint density at radius 2 is 1.95 bits per heavy atom. The predicted molar refractivity (Wildman–Crippen MR) is 74.1 cm³/mol. The standard InChI is InChI=1S/C15H19N3O2/c1-10-12(11-6-4-3-5-7-11)18(2)9-8-15(10)13(19)16-14(20)17-15/h3-7,10,12H,8-9H2,1-2H3,(H2,16,17,19,20)/p+1/t10-,12+,15-/m0/s1. The molecule has 3 rings (SSSR count). The number of carbonyl (C=O) groups is 2. The van der Waals surface area contributed by atoms with E-state index >= 15 is 0 Å². The average Bonchev–Trinajstić information content (AvgIpc) is 2.72. The van der Waals surface area contributed by atoms with Crippen molar-refractivity contribution in [3.63, 3.8) is 0 Å². The summed E-state index contributed by atoms with van der Waals surface area (Å²) in [5.41, 5.74) is 0.461. The second kappa shape index (κ2) is 4.59. The number of piperidine rings is 1. The molecule has 1 aromatic rings. The Bertz CT molecular complexity index is 545. The first-order valence-corrected chi connectivity index (χ1v) is 7.05. The normalized spacial score (nSPS) is 36.8. The van der Waals surface area contributed by atoms with Gasteiger partial charge in [0.15, 0.2) is 0 Å². The third kappa shape index (κ3) is 1.81. The van der Waals surface area contributed by atoms with Crippen LogP contribution in [0.3, 0.4) is 0 Å². The fourth-order valence-corrected chi connectivity index (χ4v) is 3.72. The Labute approximate surface area is 118 Å². The monoisotopic (exact) mass is 274 g/mol. The maximum atomic E-state index is 12.3. The van der Waals surface area contributed by atoms with Crippen LogP contribution in [-0.2, 0) is 4.79 Å². The minimum absolute atomic E-state index is 0.0464. The van der Waals surface area contributed by atoms with Gasteiger partial charge in [0.05, 0.1) is 13.6 Å². The van der Waals surface area contributed by atoms with Crippen LogP contribution in [0.4, 0.5) is 4.79 Å². The first kappa shape index (κ1) is 13.1. The molecule has 2 aliphatic rings. The largest absolute Gasteiger partial charge is 0.331 e. The van der Waals surface area contributed by atoms with Crippen LogP contribution in [-0.4, -0.2) is 31.1 Å². The van der Waals surface area contributed by atoms with E-state index in [4.69, 9.17) is 0 Å². The van der Waals surface area contributed by atoms with E-state index in [1.165, 1.54) is 10.5 Å². The zero-order chi connectivity index (χ0) is 14.3. The molecule has 1 aromatic carbocycles. The van der Waals surface area contributed by atoms with Crippen molar-refractivity contribution in [2.24, 2.45) is 5.92 Å². The molecule has 0 aromatic heterocycles. The molecule has 3 amide bonds. The number of urea groups is 1. The molecule has 0 radical (unpaired) electrons. The number of imide groups is 1. The van der Waals surface area contributed by atoms with Gasteiger partial charge in [0.25, 0.3) is 5.91 Å². The number of hydrogen-bond donors (Lipinski definition) is 3. The zero-order valence-electron chi connectivity index (χ0n) is 11.8. The molecule has 106 valence electrons. The second-order valence-electron chi connectivity index (χ2n) is 5.90. The summed E-state index contributed by atoms with van der Waals surface area (Å²) in [6.45, 7) is 2.92. The number of carbonyl (C=O) groups excluding carboxylic acids is 2. The Morgan fingerprint density at radius 3 is 2.55 bits per heavy atom. The minimum Gasteiger partial charge on any atom is -0.331 e. The van der Waals surface area contributed by atoms with Gasteiger partial charge >= 0.3 is 6.03 Å². The molecule has 0 bridgehead atoms. The van der Waals surface area contributed by atoms with E-state index in [0.29, 0.717) is 6.42 Å². The highest BCUT2D eigenvalue weighted by Gasteiger charge is 2.57. The highest BCUT2D eigenvalue weighted by atomic mass is 16.2. The maximum absolute atomic E-state index is 12.3. The summed E-state index contributed by atoms with van der Waals surface area (Å²) in [6, 6.07) is 10.1. The lowest BCUT2D eigenvalue weighted by molar-refractivity contribution is -0.923. The number of amides is 3. The molecule has 3 N–H and O–H groups in total. The molecule has 1 spiro atoms. The molecule has 2 fully saturated rings. The number of hydrogen-bond acceptors (Lipinski definition) is 2. The number of benzene rings is 1.